The summed E-state index contributed by atoms with van der Waals surface area (Å²) in [5, 5.41) is 7.56. The van der Waals surface area contributed by atoms with E-state index in [1.54, 1.807) is 4.68 Å². The van der Waals surface area contributed by atoms with Crippen molar-refractivity contribution in [2.45, 2.75) is 58.5 Å². The first-order valence-electron chi connectivity index (χ1n) is 10.5. The quantitative estimate of drug-likeness (QED) is 0.847. The summed E-state index contributed by atoms with van der Waals surface area (Å²) in [6, 6.07) is 10.4. The maximum atomic E-state index is 12.9. The third-order valence-corrected chi connectivity index (χ3v) is 6.93. The molecule has 1 aliphatic carbocycles. The molecule has 0 radical (unpaired) electrons. The third-order valence-electron chi connectivity index (χ3n) is 6.93. The van der Waals surface area contributed by atoms with E-state index in [4.69, 9.17) is 0 Å². The maximum Gasteiger partial charge on any atom is 0.255 e. The third kappa shape index (κ3) is 3.56. The Labute approximate surface area is 172 Å². The van der Waals surface area contributed by atoms with Gasteiger partial charge in [-0.15, -0.1) is 0 Å². The van der Waals surface area contributed by atoms with E-state index in [1.807, 2.05) is 39.1 Å². The van der Waals surface area contributed by atoms with E-state index in [-0.39, 0.29) is 23.3 Å². The maximum absolute atomic E-state index is 12.9. The molecular formula is C23H30N4O2. The van der Waals surface area contributed by atoms with Crippen LogP contribution >= 0.6 is 0 Å². The Morgan fingerprint density at radius 3 is 2.69 bits per heavy atom. The molecule has 6 nitrogen and oxygen atoms in total. The van der Waals surface area contributed by atoms with Gasteiger partial charge < -0.3 is 10.2 Å². The van der Waals surface area contributed by atoms with Crippen LogP contribution in [0.4, 0.5) is 0 Å². The molecule has 1 saturated carbocycles. The first-order valence-corrected chi connectivity index (χ1v) is 10.5. The van der Waals surface area contributed by atoms with Gasteiger partial charge in [0.25, 0.3) is 5.91 Å². The van der Waals surface area contributed by atoms with Gasteiger partial charge in [0.05, 0.1) is 11.3 Å². The van der Waals surface area contributed by atoms with Crippen molar-refractivity contribution in [3.8, 4) is 0 Å². The van der Waals surface area contributed by atoms with E-state index in [0.29, 0.717) is 25.1 Å². The summed E-state index contributed by atoms with van der Waals surface area (Å²) >= 11 is 0. The Bertz CT molecular complexity index is 920. The van der Waals surface area contributed by atoms with Crippen molar-refractivity contribution in [1.29, 1.82) is 0 Å². The number of aryl methyl sites for hydroxylation is 2. The van der Waals surface area contributed by atoms with Crippen molar-refractivity contribution in [2.24, 2.45) is 12.5 Å². The molecule has 1 aliphatic heterocycles. The minimum Gasteiger partial charge on any atom is -0.351 e. The molecule has 1 aromatic carbocycles. The zero-order valence-electron chi connectivity index (χ0n) is 17.6. The average molecular weight is 395 g/mol. The normalized spacial score (nSPS) is 23.9. The monoisotopic (exact) mass is 394 g/mol. The molecular weight excluding hydrogens is 364 g/mol. The summed E-state index contributed by atoms with van der Waals surface area (Å²) in [6.07, 6.45) is 4.59. The molecule has 1 N–H and O–H groups in total. The minimum atomic E-state index is -0.0559. The molecule has 0 bridgehead atoms. The van der Waals surface area contributed by atoms with Gasteiger partial charge in [-0.05, 0) is 38.7 Å². The smallest absolute Gasteiger partial charge is 0.255 e. The fourth-order valence-corrected chi connectivity index (χ4v) is 5.29. The van der Waals surface area contributed by atoms with Crippen molar-refractivity contribution in [3.63, 3.8) is 0 Å². The fourth-order valence-electron chi connectivity index (χ4n) is 5.29. The van der Waals surface area contributed by atoms with Gasteiger partial charge in [0, 0.05) is 43.7 Å². The van der Waals surface area contributed by atoms with Crippen LogP contribution in [0.25, 0.3) is 0 Å². The van der Waals surface area contributed by atoms with E-state index in [9.17, 15) is 9.59 Å². The van der Waals surface area contributed by atoms with Gasteiger partial charge in [-0.25, -0.2) is 0 Å². The number of hydrogen-bond donors (Lipinski definition) is 1. The summed E-state index contributed by atoms with van der Waals surface area (Å²) in [6.45, 7) is 5.07. The van der Waals surface area contributed by atoms with Crippen molar-refractivity contribution in [1.82, 2.24) is 20.0 Å². The Morgan fingerprint density at radius 1 is 1.24 bits per heavy atom. The molecule has 1 aromatic heterocycles. The number of nitrogens with zero attached hydrogens (tertiary/aromatic N) is 3. The summed E-state index contributed by atoms with van der Waals surface area (Å²) in [5.41, 5.74) is 3.45. The number of fused-ring (bicyclic) bond motifs is 1. The first-order chi connectivity index (χ1) is 13.9. The van der Waals surface area contributed by atoms with Gasteiger partial charge in [0.1, 0.15) is 0 Å². The molecule has 6 heteroatoms. The van der Waals surface area contributed by atoms with Crippen molar-refractivity contribution < 1.29 is 9.59 Å². The molecule has 1 saturated heterocycles. The van der Waals surface area contributed by atoms with Crippen molar-refractivity contribution >= 4 is 11.8 Å². The van der Waals surface area contributed by atoms with E-state index < -0.39 is 0 Å². The zero-order chi connectivity index (χ0) is 20.6. The van der Waals surface area contributed by atoms with E-state index in [0.717, 1.165) is 42.6 Å². The lowest BCUT2D eigenvalue weighted by Gasteiger charge is -2.46. The topological polar surface area (TPSA) is 67.2 Å². The highest BCUT2D eigenvalue weighted by atomic mass is 16.2. The predicted octanol–water partition coefficient (Wildman–Crippen LogP) is 3.13. The van der Waals surface area contributed by atoms with Crippen LogP contribution in [0.2, 0.25) is 0 Å². The Morgan fingerprint density at radius 2 is 2.00 bits per heavy atom. The lowest BCUT2D eigenvalue weighted by molar-refractivity contribution is -0.142. The molecule has 2 aliphatic rings. The zero-order valence-corrected chi connectivity index (χ0v) is 17.6. The second kappa shape index (κ2) is 7.65. The molecule has 29 heavy (non-hydrogen) atoms. The van der Waals surface area contributed by atoms with Gasteiger partial charge in [-0.1, -0.05) is 36.8 Å². The molecule has 2 fully saturated rings. The van der Waals surface area contributed by atoms with Crippen LogP contribution < -0.4 is 5.32 Å². The number of likely N-dealkylation sites (tertiary alicyclic amines) is 1. The number of rotatable bonds is 5. The standard InChI is InChI=1S/C23H30N4O2/c1-16-21(17(2)26(3)25-16)22(29)24-15-23-12-7-10-19(23)27(20(28)11-13-23)14-18-8-5-4-6-9-18/h4-6,8-9,19H,7,10-15H2,1-3H3,(H,24,29)/t19-,23+/m1/s1. The highest BCUT2D eigenvalue weighted by molar-refractivity contribution is 5.96. The van der Waals surface area contributed by atoms with Gasteiger partial charge >= 0.3 is 0 Å². The van der Waals surface area contributed by atoms with Crippen LogP contribution in [-0.2, 0) is 18.4 Å². The predicted molar refractivity (Wildman–Crippen MR) is 111 cm³/mol. The largest absolute Gasteiger partial charge is 0.351 e. The van der Waals surface area contributed by atoms with Crippen LogP contribution in [0.5, 0.6) is 0 Å². The van der Waals surface area contributed by atoms with Crippen molar-refractivity contribution in [2.75, 3.05) is 6.54 Å². The molecule has 0 unspecified atom stereocenters. The SMILES string of the molecule is Cc1nn(C)c(C)c1C(=O)NC[C@@]12CCC[C@H]1N(Cc1ccccc1)C(=O)CC2. The number of hydrogen-bond acceptors (Lipinski definition) is 3. The van der Waals surface area contributed by atoms with Gasteiger partial charge in [-0.2, -0.15) is 5.10 Å². The van der Waals surface area contributed by atoms with Crippen LogP contribution in [0.3, 0.4) is 0 Å². The summed E-state index contributed by atoms with van der Waals surface area (Å²) < 4.78 is 1.75. The lowest BCUT2D eigenvalue weighted by atomic mass is 9.74. The van der Waals surface area contributed by atoms with Crippen LogP contribution in [0.1, 0.15) is 59.4 Å². The highest BCUT2D eigenvalue weighted by Crippen LogP contribution is 2.48. The van der Waals surface area contributed by atoms with Gasteiger partial charge in [0.2, 0.25) is 5.91 Å². The van der Waals surface area contributed by atoms with Crippen molar-refractivity contribution in [3.05, 3.63) is 52.8 Å². The molecule has 2 amide bonds. The number of piperidine rings is 1. The first kappa shape index (κ1) is 19.7. The summed E-state index contributed by atoms with van der Waals surface area (Å²) in [4.78, 5) is 27.8. The number of nitrogens with one attached hydrogen (secondary N) is 1. The molecule has 4 rings (SSSR count). The van der Waals surface area contributed by atoms with Crippen LogP contribution in [0.15, 0.2) is 30.3 Å². The van der Waals surface area contributed by atoms with E-state index >= 15 is 0 Å². The van der Waals surface area contributed by atoms with Gasteiger partial charge in [-0.3, -0.25) is 14.3 Å². The minimum absolute atomic E-state index is 0.0254. The number of carbonyl (C=O) groups is 2. The molecule has 2 atom stereocenters. The second-order valence-electron chi connectivity index (χ2n) is 8.63. The number of aromatic nitrogens is 2. The molecule has 2 heterocycles. The van der Waals surface area contributed by atoms with E-state index in [1.165, 1.54) is 0 Å². The Hall–Kier alpha value is -2.63. The van der Waals surface area contributed by atoms with Crippen LogP contribution in [0, 0.1) is 19.3 Å². The fraction of sp³-hybridized carbons (Fsp3) is 0.522. The Balaban J connectivity index is 1.51. The molecule has 2 aromatic rings. The summed E-state index contributed by atoms with van der Waals surface area (Å²) in [7, 11) is 1.86. The summed E-state index contributed by atoms with van der Waals surface area (Å²) in [5.74, 6) is 0.182. The average Bonchev–Trinajstić information content (AvgIpc) is 3.24. The molecule has 0 spiro atoms. The Kier molecular flexibility index (Phi) is 5.19. The highest BCUT2D eigenvalue weighted by Gasteiger charge is 2.50. The van der Waals surface area contributed by atoms with E-state index in [2.05, 4.69) is 27.4 Å². The number of benzene rings is 1. The van der Waals surface area contributed by atoms with Gasteiger partial charge in [0.15, 0.2) is 0 Å². The van der Waals surface area contributed by atoms with Crippen LogP contribution in [-0.4, -0.2) is 39.1 Å². The number of carbonyl (C=O) groups excluding carboxylic acids is 2. The molecule has 154 valence electrons. The lowest BCUT2D eigenvalue weighted by Crippen LogP contribution is -2.55. The second-order valence-corrected chi connectivity index (χ2v) is 8.63. The number of amides is 2.